The summed E-state index contributed by atoms with van der Waals surface area (Å²) in [5.41, 5.74) is 2.00. The van der Waals surface area contributed by atoms with Gasteiger partial charge < -0.3 is 24.1 Å². The number of phenolic OH excluding ortho intramolecular Hbond substituents is 1. The van der Waals surface area contributed by atoms with Crippen LogP contribution in [0.5, 0.6) is 23.0 Å². The number of rotatable bonds is 5. The van der Waals surface area contributed by atoms with Crippen molar-refractivity contribution < 1.29 is 33.6 Å². The molecule has 8 heteroatoms. The van der Waals surface area contributed by atoms with Gasteiger partial charge >= 0.3 is 5.97 Å². The van der Waals surface area contributed by atoms with Crippen molar-refractivity contribution >= 4 is 17.8 Å². The minimum atomic E-state index is -0.626. The number of phenols is 1. The van der Waals surface area contributed by atoms with Crippen LogP contribution >= 0.6 is 0 Å². The molecule has 0 radical (unpaired) electrons. The number of hydrogen-bond acceptors (Lipinski definition) is 8. The fourth-order valence-electron chi connectivity index (χ4n) is 3.97. The van der Waals surface area contributed by atoms with Crippen molar-refractivity contribution in [2.24, 2.45) is 0 Å². The Morgan fingerprint density at radius 2 is 2.06 bits per heavy atom. The third-order valence-corrected chi connectivity index (χ3v) is 5.58. The van der Waals surface area contributed by atoms with Crippen molar-refractivity contribution in [3.63, 3.8) is 0 Å². The number of esters is 1. The largest absolute Gasteiger partial charge is 0.508 e. The molecule has 0 saturated carbocycles. The van der Waals surface area contributed by atoms with E-state index in [0.717, 1.165) is 0 Å². The van der Waals surface area contributed by atoms with Crippen LogP contribution in [0.15, 0.2) is 60.6 Å². The van der Waals surface area contributed by atoms with Crippen LogP contribution in [0.1, 0.15) is 39.4 Å². The van der Waals surface area contributed by atoms with Gasteiger partial charge in [-0.05, 0) is 47.5 Å². The maximum atomic E-state index is 13.1. The molecular formula is C25H19NO7. The van der Waals surface area contributed by atoms with E-state index in [9.17, 15) is 14.7 Å². The molecule has 0 amide bonds. The van der Waals surface area contributed by atoms with Crippen LogP contribution in [0, 0.1) is 0 Å². The van der Waals surface area contributed by atoms with Crippen LogP contribution < -0.4 is 14.2 Å². The molecule has 5 rings (SSSR count). The van der Waals surface area contributed by atoms with Crippen LogP contribution in [-0.2, 0) is 9.53 Å². The number of allylic oxidation sites excluding steroid dienone is 1. The molecule has 8 nitrogen and oxygen atoms in total. The number of ketones is 1. The predicted molar refractivity (Wildman–Crippen MR) is 116 cm³/mol. The van der Waals surface area contributed by atoms with Crippen molar-refractivity contribution in [2.75, 3.05) is 13.9 Å². The molecule has 0 saturated heterocycles. The van der Waals surface area contributed by atoms with E-state index in [4.69, 9.17) is 18.9 Å². The maximum Gasteiger partial charge on any atom is 0.306 e. The molecule has 0 bridgehead atoms. The van der Waals surface area contributed by atoms with E-state index in [-0.39, 0.29) is 36.3 Å². The van der Waals surface area contributed by atoms with Crippen LogP contribution in [0.2, 0.25) is 0 Å². The lowest BCUT2D eigenvalue weighted by Gasteiger charge is -2.20. The van der Waals surface area contributed by atoms with Gasteiger partial charge in [-0.15, -0.1) is 0 Å². The highest BCUT2D eigenvalue weighted by Crippen LogP contribution is 2.46. The van der Waals surface area contributed by atoms with Crippen molar-refractivity contribution in [2.45, 2.75) is 12.3 Å². The van der Waals surface area contributed by atoms with Gasteiger partial charge in [0.2, 0.25) is 12.6 Å². The van der Waals surface area contributed by atoms with Gasteiger partial charge in [-0.1, -0.05) is 12.1 Å². The number of carbonyl (C=O) groups is 2. The fraction of sp³-hybridized carbons (Fsp3) is 0.160. The SMILES string of the molecule is COC(=O)CC(c1cccnc1)c1c(O)ccc2c1OC(=Cc1ccc3c(c1)OCO3)C2=O. The topological polar surface area (TPSA) is 104 Å². The molecule has 1 aromatic heterocycles. The molecule has 166 valence electrons. The summed E-state index contributed by atoms with van der Waals surface area (Å²) < 4.78 is 21.6. The van der Waals surface area contributed by atoms with Crippen molar-refractivity contribution in [1.29, 1.82) is 0 Å². The number of ether oxygens (including phenoxy) is 4. The molecule has 0 aliphatic carbocycles. The predicted octanol–water partition coefficient (Wildman–Crippen LogP) is 3.83. The number of fused-ring (bicyclic) bond motifs is 2. The number of hydrogen-bond donors (Lipinski definition) is 1. The highest BCUT2D eigenvalue weighted by molar-refractivity contribution is 6.15. The summed E-state index contributed by atoms with van der Waals surface area (Å²) in [5.74, 6) is 0.00734. The molecule has 2 aliphatic heterocycles. The highest BCUT2D eigenvalue weighted by Gasteiger charge is 2.35. The van der Waals surface area contributed by atoms with Gasteiger partial charge in [0.05, 0.1) is 19.1 Å². The zero-order valence-electron chi connectivity index (χ0n) is 17.6. The van der Waals surface area contributed by atoms with E-state index in [2.05, 4.69) is 4.98 Å². The lowest BCUT2D eigenvalue weighted by Crippen LogP contribution is -2.11. The molecule has 1 unspecified atom stereocenters. The van der Waals surface area contributed by atoms with Gasteiger partial charge in [0.25, 0.3) is 0 Å². The van der Waals surface area contributed by atoms with Crippen molar-refractivity contribution in [1.82, 2.24) is 4.98 Å². The maximum absolute atomic E-state index is 13.1. The van der Waals surface area contributed by atoms with Gasteiger partial charge in [0.15, 0.2) is 17.3 Å². The second-order valence-corrected chi connectivity index (χ2v) is 7.55. The van der Waals surface area contributed by atoms with E-state index >= 15 is 0 Å². The zero-order valence-corrected chi connectivity index (χ0v) is 17.6. The van der Waals surface area contributed by atoms with Gasteiger partial charge in [-0.2, -0.15) is 0 Å². The van der Waals surface area contributed by atoms with Crippen LogP contribution in [0.25, 0.3) is 6.08 Å². The lowest BCUT2D eigenvalue weighted by molar-refractivity contribution is -0.140. The summed E-state index contributed by atoms with van der Waals surface area (Å²) in [5, 5.41) is 10.7. The minimum Gasteiger partial charge on any atom is -0.508 e. The average Bonchev–Trinajstić information content (AvgIpc) is 3.42. The van der Waals surface area contributed by atoms with Gasteiger partial charge in [-0.25, -0.2) is 0 Å². The first-order valence-electron chi connectivity index (χ1n) is 10.2. The standard InChI is InChI=1S/C25H19NO7/c1-30-22(28)11-17(15-3-2-8-26-12-15)23-18(27)6-5-16-24(29)21(33-25(16)23)10-14-4-7-19-20(9-14)32-13-31-19/h2-10,12,17,27H,11,13H2,1H3. The highest BCUT2D eigenvalue weighted by atomic mass is 16.7. The fourth-order valence-corrected chi connectivity index (χ4v) is 3.97. The quantitative estimate of drug-likeness (QED) is 0.467. The average molecular weight is 445 g/mol. The summed E-state index contributed by atoms with van der Waals surface area (Å²) in [4.78, 5) is 29.4. The third-order valence-electron chi connectivity index (χ3n) is 5.58. The first-order chi connectivity index (χ1) is 16.0. The van der Waals surface area contributed by atoms with E-state index in [1.54, 1.807) is 48.8 Å². The van der Waals surface area contributed by atoms with Crippen LogP contribution in [0.4, 0.5) is 0 Å². The number of nitrogens with zero attached hydrogens (tertiary/aromatic N) is 1. The van der Waals surface area contributed by atoms with Crippen LogP contribution in [0.3, 0.4) is 0 Å². The van der Waals surface area contributed by atoms with Crippen molar-refractivity contribution in [3.05, 3.63) is 82.9 Å². The normalized spacial score (nSPS) is 15.8. The molecule has 2 aromatic carbocycles. The summed E-state index contributed by atoms with van der Waals surface area (Å²) in [6.07, 6.45) is 4.75. The lowest BCUT2D eigenvalue weighted by atomic mass is 9.87. The third kappa shape index (κ3) is 3.76. The number of methoxy groups -OCH3 is 1. The second-order valence-electron chi connectivity index (χ2n) is 7.55. The Kier molecular flexibility index (Phi) is 5.18. The molecule has 3 heterocycles. The number of carbonyl (C=O) groups excluding carboxylic acids is 2. The van der Waals surface area contributed by atoms with Gasteiger partial charge in [0.1, 0.15) is 11.5 Å². The first-order valence-corrected chi connectivity index (χ1v) is 10.2. The Labute approximate surface area is 189 Å². The van der Waals surface area contributed by atoms with Gasteiger partial charge in [-0.3, -0.25) is 14.6 Å². The smallest absolute Gasteiger partial charge is 0.306 e. The Morgan fingerprint density at radius 3 is 2.85 bits per heavy atom. The number of benzene rings is 2. The van der Waals surface area contributed by atoms with E-state index in [0.29, 0.717) is 33.8 Å². The van der Waals surface area contributed by atoms with E-state index in [1.807, 2.05) is 0 Å². The monoisotopic (exact) mass is 445 g/mol. The Morgan fingerprint density at radius 1 is 1.21 bits per heavy atom. The molecule has 1 N–H and O–H groups in total. The Balaban J connectivity index is 1.57. The Bertz CT molecular complexity index is 1280. The number of aromatic nitrogens is 1. The van der Waals surface area contributed by atoms with Crippen LogP contribution in [-0.4, -0.2) is 35.7 Å². The number of pyridine rings is 1. The van der Waals surface area contributed by atoms with E-state index < -0.39 is 11.9 Å². The summed E-state index contributed by atoms with van der Waals surface area (Å²) in [7, 11) is 1.30. The summed E-state index contributed by atoms with van der Waals surface area (Å²) >= 11 is 0. The Hall–Kier alpha value is -4.33. The molecular weight excluding hydrogens is 426 g/mol. The molecule has 2 aliphatic rings. The minimum absolute atomic E-state index is 0.0645. The molecule has 33 heavy (non-hydrogen) atoms. The van der Waals surface area contributed by atoms with Gasteiger partial charge in [0, 0.05) is 23.9 Å². The first kappa shape index (κ1) is 20.6. The number of Topliss-reactive ketones (excluding diaryl/α,β-unsaturated/α-hetero) is 1. The second kappa shape index (κ2) is 8.31. The molecule has 0 fully saturated rings. The molecule has 3 aromatic rings. The van der Waals surface area contributed by atoms with Crippen molar-refractivity contribution in [3.8, 4) is 23.0 Å². The van der Waals surface area contributed by atoms with E-state index in [1.165, 1.54) is 19.2 Å². The number of aromatic hydroxyl groups is 1. The zero-order chi connectivity index (χ0) is 22.9. The molecule has 1 atom stereocenters. The summed E-state index contributed by atoms with van der Waals surface area (Å²) in [6.45, 7) is 0.148. The molecule has 0 spiro atoms. The summed E-state index contributed by atoms with van der Waals surface area (Å²) in [6, 6.07) is 11.8.